The summed E-state index contributed by atoms with van der Waals surface area (Å²) in [4.78, 5) is 17.4. The van der Waals surface area contributed by atoms with Gasteiger partial charge in [0.15, 0.2) is 0 Å². The summed E-state index contributed by atoms with van der Waals surface area (Å²) in [5.74, 6) is 0.909. The molecule has 0 spiro atoms. The quantitative estimate of drug-likeness (QED) is 0.829. The van der Waals surface area contributed by atoms with Crippen molar-refractivity contribution in [1.82, 2.24) is 9.88 Å². The third-order valence-electron chi connectivity index (χ3n) is 3.86. The highest BCUT2D eigenvalue weighted by atomic mass is 16.1. The van der Waals surface area contributed by atoms with Gasteiger partial charge in [-0.2, -0.15) is 0 Å². The highest BCUT2D eigenvalue weighted by molar-refractivity contribution is 5.49. The van der Waals surface area contributed by atoms with Crippen LogP contribution in [0.5, 0.6) is 0 Å². The second-order valence-corrected chi connectivity index (χ2v) is 5.29. The summed E-state index contributed by atoms with van der Waals surface area (Å²) in [6.45, 7) is 5.15. The van der Waals surface area contributed by atoms with Crippen molar-refractivity contribution in [2.45, 2.75) is 51.6 Å². The van der Waals surface area contributed by atoms with Gasteiger partial charge in [0, 0.05) is 18.8 Å². The molecule has 4 heteroatoms. The van der Waals surface area contributed by atoms with Gasteiger partial charge in [-0.1, -0.05) is 13.0 Å². The molecule has 1 fully saturated rings. The molecule has 2 rings (SSSR count). The average molecular weight is 261 g/mol. The lowest BCUT2D eigenvalue weighted by Crippen LogP contribution is -2.32. The Kier molecular flexibility index (Phi) is 4.77. The smallest absolute Gasteiger partial charge is 0.210 e. The first-order chi connectivity index (χ1) is 9.24. The number of pyridine rings is 1. The zero-order chi connectivity index (χ0) is 13.7. The van der Waals surface area contributed by atoms with Crippen LogP contribution in [0.15, 0.2) is 18.3 Å². The molecule has 1 N–H and O–H groups in total. The molecule has 2 heterocycles. The van der Waals surface area contributed by atoms with Crippen LogP contribution >= 0.6 is 0 Å². The van der Waals surface area contributed by atoms with E-state index >= 15 is 0 Å². The summed E-state index contributed by atoms with van der Waals surface area (Å²) in [5, 5.41) is 3.35. The minimum atomic E-state index is 0.205. The fourth-order valence-corrected chi connectivity index (χ4v) is 2.48. The zero-order valence-corrected chi connectivity index (χ0v) is 11.8. The molecule has 2 atom stereocenters. The van der Waals surface area contributed by atoms with Gasteiger partial charge in [0.1, 0.15) is 5.82 Å². The van der Waals surface area contributed by atoms with Crippen molar-refractivity contribution in [1.29, 1.82) is 0 Å². The first kappa shape index (κ1) is 13.8. The topological polar surface area (TPSA) is 45.2 Å². The van der Waals surface area contributed by atoms with Crippen molar-refractivity contribution in [2.75, 3.05) is 11.9 Å². The van der Waals surface area contributed by atoms with Crippen LogP contribution in [0.1, 0.15) is 51.1 Å². The van der Waals surface area contributed by atoms with E-state index in [1.54, 1.807) is 0 Å². The molecule has 0 bridgehead atoms. The minimum absolute atomic E-state index is 0.205. The number of hydrogen-bond acceptors (Lipinski definition) is 3. The molecule has 1 saturated heterocycles. The van der Waals surface area contributed by atoms with Gasteiger partial charge in [-0.25, -0.2) is 4.98 Å². The lowest BCUT2D eigenvalue weighted by molar-refractivity contribution is -0.121. The predicted molar refractivity (Wildman–Crippen MR) is 77.0 cm³/mol. The lowest BCUT2D eigenvalue weighted by Gasteiger charge is -2.32. The number of nitrogens with one attached hydrogen (secondary N) is 1. The molecule has 1 aromatic rings. The van der Waals surface area contributed by atoms with Crippen LogP contribution in [0.25, 0.3) is 0 Å². The predicted octanol–water partition coefficient (Wildman–Crippen LogP) is 2.98. The number of aromatic nitrogens is 1. The Labute approximate surface area is 115 Å². The molecule has 0 saturated carbocycles. The van der Waals surface area contributed by atoms with Gasteiger partial charge >= 0.3 is 0 Å². The van der Waals surface area contributed by atoms with Crippen molar-refractivity contribution in [3.63, 3.8) is 0 Å². The van der Waals surface area contributed by atoms with E-state index in [4.69, 9.17) is 0 Å². The maximum Gasteiger partial charge on any atom is 0.210 e. The molecule has 1 aromatic heterocycles. The summed E-state index contributed by atoms with van der Waals surface area (Å²) in [6.07, 6.45) is 7.27. The van der Waals surface area contributed by atoms with E-state index in [0.717, 1.165) is 43.6 Å². The number of hydrogen-bond donors (Lipinski definition) is 1. The number of anilines is 1. The second-order valence-electron chi connectivity index (χ2n) is 5.29. The normalized spacial score (nSPS) is 20.9. The molecular formula is C15H23N3O. The van der Waals surface area contributed by atoms with Crippen LogP contribution in [0.4, 0.5) is 5.82 Å². The van der Waals surface area contributed by atoms with Gasteiger partial charge < -0.3 is 10.2 Å². The standard InChI is InChI=1S/C15H23N3O/c1-3-12(2)17-15-8-7-13(10-16-15)14-6-4-5-9-18(14)11-19/h7-8,10-12,14H,3-6,9H2,1-2H3,(H,16,17). The number of carbonyl (C=O) groups excluding carboxylic acids is 1. The Morgan fingerprint density at radius 3 is 3.00 bits per heavy atom. The third-order valence-corrected chi connectivity index (χ3v) is 3.86. The lowest BCUT2D eigenvalue weighted by atomic mass is 9.97. The van der Waals surface area contributed by atoms with Crippen LogP contribution in [-0.4, -0.2) is 28.9 Å². The highest BCUT2D eigenvalue weighted by Gasteiger charge is 2.22. The fraction of sp³-hybridized carbons (Fsp3) is 0.600. The highest BCUT2D eigenvalue weighted by Crippen LogP contribution is 2.29. The molecule has 104 valence electrons. The van der Waals surface area contributed by atoms with Crippen molar-refractivity contribution in [3.8, 4) is 0 Å². The van der Waals surface area contributed by atoms with Crippen molar-refractivity contribution in [3.05, 3.63) is 23.9 Å². The number of likely N-dealkylation sites (tertiary alicyclic amines) is 1. The van der Waals surface area contributed by atoms with E-state index in [1.165, 1.54) is 6.42 Å². The fourth-order valence-electron chi connectivity index (χ4n) is 2.48. The first-order valence-electron chi connectivity index (χ1n) is 7.18. The van der Waals surface area contributed by atoms with E-state index in [1.807, 2.05) is 17.2 Å². The van der Waals surface area contributed by atoms with Gasteiger partial charge in [-0.3, -0.25) is 4.79 Å². The van der Waals surface area contributed by atoms with Crippen LogP contribution in [0.2, 0.25) is 0 Å². The van der Waals surface area contributed by atoms with Crippen LogP contribution in [0.3, 0.4) is 0 Å². The number of piperidine rings is 1. The minimum Gasteiger partial charge on any atom is -0.368 e. The molecule has 1 aliphatic rings. The molecule has 4 nitrogen and oxygen atoms in total. The molecule has 0 aliphatic carbocycles. The largest absolute Gasteiger partial charge is 0.368 e. The number of amides is 1. The monoisotopic (exact) mass is 261 g/mol. The Balaban J connectivity index is 2.06. The molecular weight excluding hydrogens is 238 g/mol. The molecule has 2 unspecified atom stereocenters. The first-order valence-corrected chi connectivity index (χ1v) is 7.18. The molecule has 1 amide bonds. The van der Waals surface area contributed by atoms with Gasteiger partial charge in [0.05, 0.1) is 6.04 Å². The third kappa shape index (κ3) is 3.46. The van der Waals surface area contributed by atoms with Crippen LogP contribution in [0, 0.1) is 0 Å². The van der Waals surface area contributed by atoms with Gasteiger partial charge in [0.25, 0.3) is 0 Å². The Hall–Kier alpha value is -1.58. The van der Waals surface area contributed by atoms with Gasteiger partial charge in [0.2, 0.25) is 6.41 Å². The van der Waals surface area contributed by atoms with Gasteiger partial charge in [-0.05, 0) is 44.2 Å². The average Bonchev–Trinajstić information content (AvgIpc) is 2.48. The summed E-state index contributed by atoms with van der Waals surface area (Å²) in [7, 11) is 0. The van der Waals surface area contributed by atoms with Crippen molar-refractivity contribution < 1.29 is 4.79 Å². The second kappa shape index (κ2) is 6.55. The number of rotatable bonds is 5. The SMILES string of the molecule is CCC(C)Nc1ccc(C2CCCCN2C=O)cn1. The summed E-state index contributed by atoms with van der Waals surface area (Å²) >= 11 is 0. The molecule has 0 aromatic carbocycles. The van der Waals surface area contributed by atoms with Crippen molar-refractivity contribution in [2.24, 2.45) is 0 Å². The number of carbonyl (C=O) groups is 1. The molecule has 19 heavy (non-hydrogen) atoms. The van der Waals surface area contributed by atoms with Gasteiger partial charge in [-0.15, -0.1) is 0 Å². The maximum atomic E-state index is 11.1. The Bertz CT molecular complexity index is 404. The van der Waals surface area contributed by atoms with Crippen molar-refractivity contribution >= 4 is 12.2 Å². The summed E-state index contributed by atoms with van der Waals surface area (Å²) in [5.41, 5.74) is 1.14. The maximum absolute atomic E-state index is 11.1. The Morgan fingerprint density at radius 2 is 2.37 bits per heavy atom. The summed E-state index contributed by atoms with van der Waals surface area (Å²) in [6, 6.07) is 4.74. The Morgan fingerprint density at radius 1 is 1.53 bits per heavy atom. The van der Waals surface area contributed by atoms with Crippen LogP contribution in [-0.2, 0) is 4.79 Å². The van der Waals surface area contributed by atoms with Crippen LogP contribution < -0.4 is 5.32 Å². The van der Waals surface area contributed by atoms with E-state index in [2.05, 4.69) is 30.2 Å². The number of nitrogens with zero attached hydrogens (tertiary/aromatic N) is 2. The molecule has 0 radical (unpaired) electrons. The molecule has 1 aliphatic heterocycles. The zero-order valence-electron chi connectivity index (χ0n) is 11.8. The van der Waals surface area contributed by atoms with E-state index in [-0.39, 0.29) is 6.04 Å². The van der Waals surface area contributed by atoms with E-state index < -0.39 is 0 Å². The van der Waals surface area contributed by atoms with E-state index in [9.17, 15) is 4.79 Å². The summed E-state index contributed by atoms with van der Waals surface area (Å²) < 4.78 is 0. The van der Waals surface area contributed by atoms with E-state index in [0.29, 0.717) is 6.04 Å².